The molecule has 0 aromatic carbocycles. The van der Waals surface area contributed by atoms with E-state index in [9.17, 15) is 9.59 Å². The second-order valence-corrected chi connectivity index (χ2v) is 6.74. The van der Waals surface area contributed by atoms with Crippen LogP contribution in [-0.2, 0) is 9.59 Å². The molecule has 6 heteroatoms. The number of likely N-dealkylation sites (tertiary alicyclic amines) is 1. The molecule has 2 aliphatic rings. The predicted molar refractivity (Wildman–Crippen MR) is 90.5 cm³/mol. The van der Waals surface area contributed by atoms with Crippen molar-refractivity contribution in [1.82, 2.24) is 15.5 Å². The second-order valence-electron chi connectivity index (χ2n) is 6.74. The van der Waals surface area contributed by atoms with Crippen LogP contribution in [0.4, 0.5) is 0 Å². The van der Waals surface area contributed by atoms with Crippen LogP contribution >= 0.6 is 0 Å². The lowest BCUT2D eigenvalue weighted by molar-refractivity contribution is -0.138. The first-order valence-corrected chi connectivity index (χ1v) is 8.73. The van der Waals surface area contributed by atoms with Crippen molar-refractivity contribution in [2.75, 3.05) is 20.1 Å². The molecule has 1 saturated heterocycles. The Bertz CT molecular complexity index is 446. The number of amides is 2. The summed E-state index contributed by atoms with van der Waals surface area (Å²) >= 11 is 0. The van der Waals surface area contributed by atoms with E-state index in [1.54, 1.807) is 7.05 Å². The molecule has 2 atom stereocenters. The molecule has 6 nitrogen and oxygen atoms in total. The van der Waals surface area contributed by atoms with Gasteiger partial charge in [-0.25, -0.2) is 0 Å². The van der Waals surface area contributed by atoms with E-state index in [4.69, 9.17) is 5.73 Å². The maximum Gasteiger partial charge on any atom is 0.246 e. The van der Waals surface area contributed by atoms with Gasteiger partial charge in [0.15, 0.2) is 0 Å². The topological polar surface area (TPSA) is 87.5 Å². The zero-order valence-corrected chi connectivity index (χ0v) is 14.1. The van der Waals surface area contributed by atoms with Gasteiger partial charge in [-0.05, 0) is 38.6 Å². The van der Waals surface area contributed by atoms with Crippen LogP contribution in [0.3, 0.4) is 0 Å². The fourth-order valence-corrected chi connectivity index (χ4v) is 3.83. The molecule has 0 radical (unpaired) electrons. The number of carbonyl (C=O) groups is 2. The lowest BCUT2D eigenvalue weighted by Gasteiger charge is -2.35. The third kappa shape index (κ3) is 4.47. The lowest BCUT2D eigenvalue weighted by atomic mass is 9.83. The number of hydrogen-bond acceptors (Lipinski definition) is 4. The van der Waals surface area contributed by atoms with Gasteiger partial charge < -0.3 is 21.3 Å². The summed E-state index contributed by atoms with van der Waals surface area (Å²) in [5.74, 6) is 0.110. The Hall–Kier alpha value is -1.56. The molecule has 0 aromatic heterocycles. The minimum Gasteiger partial charge on any atom is -0.401 e. The highest BCUT2D eigenvalue weighted by Crippen LogP contribution is 2.29. The summed E-state index contributed by atoms with van der Waals surface area (Å²) in [7, 11) is 1.73. The molecule has 23 heavy (non-hydrogen) atoms. The van der Waals surface area contributed by atoms with E-state index in [0.29, 0.717) is 12.2 Å². The van der Waals surface area contributed by atoms with E-state index in [0.717, 1.165) is 38.5 Å². The Labute approximate surface area is 138 Å². The summed E-state index contributed by atoms with van der Waals surface area (Å²) in [6.07, 6.45) is 7.27. The van der Waals surface area contributed by atoms with Crippen LogP contribution in [0.5, 0.6) is 0 Å². The predicted octanol–water partition coefficient (Wildman–Crippen LogP) is 0.734. The number of nitrogens with zero attached hydrogens (tertiary/aromatic N) is 1. The van der Waals surface area contributed by atoms with Crippen LogP contribution in [0.15, 0.2) is 12.3 Å². The van der Waals surface area contributed by atoms with Crippen LogP contribution < -0.4 is 16.4 Å². The highest BCUT2D eigenvalue weighted by Gasteiger charge is 2.38. The van der Waals surface area contributed by atoms with Gasteiger partial charge in [-0.3, -0.25) is 9.59 Å². The molecule has 0 aromatic rings. The Kier molecular flexibility index (Phi) is 6.45. The number of hydrogen-bond donors (Lipinski definition) is 3. The van der Waals surface area contributed by atoms with Crippen LogP contribution in [-0.4, -0.2) is 48.9 Å². The van der Waals surface area contributed by atoms with Gasteiger partial charge in [0.05, 0.1) is 12.6 Å². The molecule has 2 unspecified atom stereocenters. The van der Waals surface area contributed by atoms with E-state index in [1.165, 1.54) is 6.42 Å². The third-order valence-corrected chi connectivity index (χ3v) is 5.00. The zero-order chi connectivity index (χ0) is 16.8. The van der Waals surface area contributed by atoms with Crippen molar-refractivity contribution in [2.24, 2.45) is 11.7 Å². The summed E-state index contributed by atoms with van der Waals surface area (Å²) in [6, 6.07) is -0.522. The molecule has 2 rings (SSSR count). The maximum absolute atomic E-state index is 13.1. The normalized spacial score (nSPS) is 23.5. The van der Waals surface area contributed by atoms with Crippen molar-refractivity contribution < 1.29 is 9.59 Å². The summed E-state index contributed by atoms with van der Waals surface area (Å²) in [4.78, 5) is 27.0. The van der Waals surface area contributed by atoms with E-state index in [2.05, 4.69) is 17.2 Å². The molecule has 1 heterocycles. The maximum atomic E-state index is 13.1. The van der Waals surface area contributed by atoms with Gasteiger partial charge in [0.2, 0.25) is 11.8 Å². The van der Waals surface area contributed by atoms with Gasteiger partial charge in [0.25, 0.3) is 0 Å². The van der Waals surface area contributed by atoms with Crippen LogP contribution in [0.25, 0.3) is 0 Å². The molecule has 2 amide bonds. The van der Waals surface area contributed by atoms with Crippen LogP contribution in [0.2, 0.25) is 0 Å². The van der Waals surface area contributed by atoms with Crippen LogP contribution in [0, 0.1) is 5.92 Å². The van der Waals surface area contributed by atoms with Crippen molar-refractivity contribution in [1.29, 1.82) is 0 Å². The number of nitrogens with two attached hydrogens (primary N) is 1. The molecular weight excluding hydrogens is 292 g/mol. The highest BCUT2D eigenvalue weighted by molar-refractivity contribution is 5.89. The van der Waals surface area contributed by atoms with Gasteiger partial charge in [-0.15, -0.1) is 0 Å². The zero-order valence-electron chi connectivity index (χ0n) is 14.1. The quantitative estimate of drug-likeness (QED) is 0.673. The summed E-state index contributed by atoms with van der Waals surface area (Å²) < 4.78 is 0. The molecular formula is C17H30N4O2. The third-order valence-electron chi connectivity index (χ3n) is 5.00. The van der Waals surface area contributed by atoms with Gasteiger partial charge in [0, 0.05) is 12.2 Å². The Morgan fingerprint density at radius 2 is 1.91 bits per heavy atom. The van der Waals surface area contributed by atoms with Crippen molar-refractivity contribution in [3.8, 4) is 0 Å². The minimum atomic E-state index is -0.434. The van der Waals surface area contributed by atoms with E-state index in [1.807, 2.05) is 4.90 Å². The van der Waals surface area contributed by atoms with E-state index in [-0.39, 0.29) is 30.3 Å². The standard InChI is InChI=1S/C17H30N4O2/c1-12(18)14-9-6-10-21(14)17(23)16(20-15(22)11-19-2)13-7-4-3-5-8-13/h13-14,16,19H,1,3-11,18H2,2H3,(H,20,22). The van der Waals surface area contributed by atoms with E-state index >= 15 is 0 Å². The van der Waals surface area contributed by atoms with Gasteiger partial charge >= 0.3 is 0 Å². The van der Waals surface area contributed by atoms with Crippen molar-refractivity contribution in [2.45, 2.75) is 57.0 Å². The van der Waals surface area contributed by atoms with Crippen LogP contribution in [0.1, 0.15) is 44.9 Å². The molecule has 1 aliphatic carbocycles. The summed E-state index contributed by atoms with van der Waals surface area (Å²) in [5, 5.41) is 5.80. The smallest absolute Gasteiger partial charge is 0.246 e. The number of carbonyl (C=O) groups excluding carboxylic acids is 2. The molecule has 130 valence electrons. The van der Waals surface area contributed by atoms with Crippen molar-refractivity contribution in [3.63, 3.8) is 0 Å². The summed E-state index contributed by atoms with van der Waals surface area (Å²) in [5.41, 5.74) is 6.41. The number of likely N-dealkylation sites (N-methyl/N-ethyl adjacent to an activating group) is 1. The average Bonchev–Trinajstić information content (AvgIpc) is 3.03. The summed E-state index contributed by atoms with van der Waals surface area (Å²) in [6.45, 7) is 4.74. The first-order valence-electron chi connectivity index (χ1n) is 8.73. The Morgan fingerprint density at radius 3 is 2.52 bits per heavy atom. The molecule has 1 saturated carbocycles. The van der Waals surface area contributed by atoms with Gasteiger partial charge in [-0.1, -0.05) is 25.8 Å². The van der Waals surface area contributed by atoms with E-state index < -0.39 is 6.04 Å². The molecule has 2 fully saturated rings. The number of nitrogens with one attached hydrogen (secondary N) is 2. The SMILES string of the molecule is C=C(N)C1CCCN1C(=O)C(NC(=O)CNC)C1CCCCC1. The fraction of sp³-hybridized carbons (Fsp3) is 0.765. The first-order chi connectivity index (χ1) is 11.0. The van der Waals surface area contributed by atoms with Crippen molar-refractivity contribution >= 4 is 11.8 Å². The Balaban J connectivity index is 2.12. The van der Waals surface area contributed by atoms with Crippen molar-refractivity contribution in [3.05, 3.63) is 12.3 Å². The number of rotatable bonds is 6. The Morgan fingerprint density at radius 1 is 1.22 bits per heavy atom. The van der Waals surface area contributed by atoms with Gasteiger partial charge in [0.1, 0.15) is 6.04 Å². The minimum absolute atomic E-state index is 0.00968. The second kappa shape index (κ2) is 8.34. The molecule has 0 bridgehead atoms. The highest BCUT2D eigenvalue weighted by atomic mass is 16.2. The molecule has 4 N–H and O–H groups in total. The largest absolute Gasteiger partial charge is 0.401 e. The fourth-order valence-electron chi connectivity index (χ4n) is 3.83. The molecule has 1 aliphatic heterocycles. The van der Waals surface area contributed by atoms with Gasteiger partial charge in [-0.2, -0.15) is 0 Å². The average molecular weight is 322 g/mol. The lowest BCUT2D eigenvalue weighted by Crippen LogP contribution is -2.55. The first kappa shape index (κ1) is 17.8. The monoisotopic (exact) mass is 322 g/mol. The molecule has 0 spiro atoms.